The van der Waals surface area contributed by atoms with E-state index in [2.05, 4.69) is 37.2 Å². The molecular weight excluding hydrogens is 560 g/mol. The van der Waals surface area contributed by atoms with Crippen LogP contribution in [0.15, 0.2) is 81.7 Å². The Kier molecular flexibility index (Phi) is 9.72. The molecule has 178 valence electrons. The molecule has 0 aliphatic rings. The minimum atomic E-state index is -0.672. The molecule has 0 aliphatic heterocycles. The normalized spacial score (nSPS) is 11.5. The number of hydrogen-bond acceptors (Lipinski definition) is 3. The minimum absolute atomic E-state index is 0.164. The van der Waals surface area contributed by atoms with Crippen LogP contribution in [0.25, 0.3) is 0 Å². The van der Waals surface area contributed by atoms with Gasteiger partial charge in [0, 0.05) is 28.5 Å². The minimum Gasteiger partial charge on any atom is -0.484 e. The standard InChI is InChI=1S/C27H28Br2N2O3/c1-3-30-27(33)25(16-20-7-5-4-6-8-20)31(17-21-9-11-22(28)12-10-21)26(32)18-34-23-13-14-24(29)19(2)15-23/h4-15,25H,3,16-18H2,1-2H3,(H,30,33). The largest absolute Gasteiger partial charge is 0.484 e. The summed E-state index contributed by atoms with van der Waals surface area (Å²) in [7, 11) is 0. The van der Waals surface area contributed by atoms with Gasteiger partial charge in [-0.2, -0.15) is 0 Å². The number of benzene rings is 3. The zero-order valence-corrected chi connectivity index (χ0v) is 22.4. The lowest BCUT2D eigenvalue weighted by molar-refractivity contribution is -0.142. The van der Waals surface area contributed by atoms with E-state index in [0.29, 0.717) is 25.3 Å². The molecular formula is C27H28Br2N2O3. The Morgan fingerprint density at radius 3 is 2.32 bits per heavy atom. The third-order valence-corrected chi connectivity index (χ3v) is 6.80. The van der Waals surface area contributed by atoms with E-state index in [4.69, 9.17) is 4.74 Å². The van der Waals surface area contributed by atoms with Crippen LogP contribution in [0.1, 0.15) is 23.6 Å². The molecule has 7 heteroatoms. The summed E-state index contributed by atoms with van der Waals surface area (Å²) in [6, 6.07) is 22.4. The van der Waals surface area contributed by atoms with Crippen molar-refractivity contribution in [3.63, 3.8) is 0 Å². The molecule has 0 aliphatic carbocycles. The van der Waals surface area contributed by atoms with Crippen LogP contribution in [-0.2, 0) is 22.6 Å². The van der Waals surface area contributed by atoms with Gasteiger partial charge in [0.05, 0.1) is 0 Å². The Morgan fingerprint density at radius 1 is 0.971 bits per heavy atom. The molecule has 1 unspecified atom stereocenters. The van der Waals surface area contributed by atoms with Gasteiger partial charge in [0.1, 0.15) is 11.8 Å². The molecule has 0 aromatic heterocycles. The number of likely N-dealkylation sites (N-methyl/N-ethyl adjacent to an activating group) is 1. The molecule has 1 N–H and O–H groups in total. The summed E-state index contributed by atoms with van der Waals surface area (Å²) in [5.41, 5.74) is 2.93. The molecule has 3 aromatic carbocycles. The second-order valence-corrected chi connectivity index (χ2v) is 9.72. The van der Waals surface area contributed by atoms with Crippen LogP contribution in [0.4, 0.5) is 0 Å². The second-order valence-electron chi connectivity index (χ2n) is 7.95. The van der Waals surface area contributed by atoms with Crippen molar-refractivity contribution in [2.45, 2.75) is 32.9 Å². The first-order chi connectivity index (χ1) is 16.4. The van der Waals surface area contributed by atoms with Gasteiger partial charge < -0.3 is 15.0 Å². The molecule has 0 heterocycles. The van der Waals surface area contributed by atoms with Crippen LogP contribution in [0, 0.1) is 6.92 Å². The maximum absolute atomic E-state index is 13.5. The molecule has 2 amide bonds. The van der Waals surface area contributed by atoms with Crippen molar-refractivity contribution in [3.8, 4) is 5.75 Å². The molecule has 0 bridgehead atoms. The molecule has 34 heavy (non-hydrogen) atoms. The lowest BCUT2D eigenvalue weighted by Crippen LogP contribution is -2.51. The maximum Gasteiger partial charge on any atom is 0.261 e. The predicted molar refractivity (Wildman–Crippen MR) is 142 cm³/mol. The number of rotatable bonds is 10. The molecule has 0 spiro atoms. The average molecular weight is 588 g/mol. The predicted octanol–water partition coefficient (Wildman–Crippen LogP) is 5.68. The highest BCUT2D eigenvalue weighted by atomic mass is 79.9. The van der Waals surface area contributed by atoms with Gasteiger partial charge in [-0.1, -0.05) is 74.3 Å². The number of halogens is 2. The fourth-order valence-electron chi connectivity index (χ4n) is 3.57. The summed E-state index contributed by atoms with van der Waals surface area (Å²) in [6.07, 6.45) is 0.409. The first kappa shape index (κ1) is 26.0. The third-order valence-electron chi connectivity index (χ3n) is 5.38. The Morgan fingerprint density at radius 2 is 1.68 bits per heavy atom. The van der Waals surface area contributed by atoms with Crippen molar-refractivity contribution in [1.82, 2.24) is 10.2 Å². The van der Waals surface area contributed by atoms with Crippen molar-refractivity contribution < 1.29 is 14.3 Å². The number of carbonyl (C=O) groups is 2. The Bertz CT molecular complexity index is 1100. The van der Waals surface area contributed by atoms with Crippen LogP contribution >= 0.6 is 31.9 Å². The van der Waals surface area contributed by atoms with Crippen LogP contribution in [0.2, 0.25) is 0 Å². The van der Waals surface area contributed by atoms with E-state index < -0.39 is 6.04 Å². The number of nitrogens with one attached hydrogen (secondary N) is 1. The van der Waals surface area contributed by atoms with Gasteiger partial charge in [-0.25, -0.2) is 0 Å². The monoisotopic (exact) mass is 586 g/mol. The highest BCUT2D eigenvalue weighted by Gasteiger charge is 2.30. The average Bonchev–Trinajstić information content (AvgIpc) is 2.84. The fourth-order valence-corrected chi connectivity index (χ4v) is 4.08. The van der Waals surface area contributed by atoms with E-state index in [9.17, 15) is 9.59 Å². The molecule has 0 fully saturated rings. The molecule has 0 saturated heterocycles. The smallest absolute Gasteiger partial charge is 0.261 e. The van der Waals surface area contributed by atoms with E-state index in [-0.39, 0.29) is 18.4 Å². The van der Waals surface area contributed by atoms with Gasteiger partial charge in [-0.15, -0.1) is 0 Å². The third kappa shape index (κ3) is 7.43. The van der Waals surface area contributed by atoms with Gasteiger partial charge in [0.25, 0.3) is 5.91 Å². The number of aryl methyl sites for hydroxylation is 1. The van der Waals surface area contributed by atoms with Gasteiger partial charge in [-0.3, -0.25) is 9.59 Å². The van der Waals surface area contributed by atoms with Gasteiger partial charge >= 0.3 is 0 Å². The topological polar surface area (TPSA) is 58.6 Å². The van der Waals surface area contributed by atoms with E-state index >= 15 is 0 Å². The van der Waals surface area contributed by atoms with Gasteiger partial charge in [-0.05, 0) is 60.9 Å². The van der Waals surface area contributed by atoms with Crippen LogP contribution in [0.5, 0.6) is 5.75 Å². The zero-order chi connectivity index (χ0) is 24.5. The van der Waals surface area contributed by atoms with Crippen molar-refractivity contribution in [2.24, 2.45) is 0 Å². The zero-order valence-electron chi connectivity index (χ0n) is 19.3. The summed E-state index contributed by atoms with van der Waals surface area (Å²) >= 11 is 6.93. The summed E-state index contributed by atoms with van der Waals surface area (Å²) in [6.45, 7) is 4.45. The van der Waals surface area contributed by atoms with Crippen LogP contribution < -0.4 is 10.1 Å². The number of amides is 2. The Hall–Kier alpha value is -2.64. The molecule has 5 nitrogen and oxygen atoms in total. The first-order valence-corrected chi connectivity index (χ1v) is 12.7. The molecule has 3 aromatic rings. The van der Waals surface area contributed by atoms with Crippen molar-refractivity contribution in [2.75, 3.05) is 13.2 Å². The number of hydrogen-bond donors (Lipinski definition) is 1. The molecule has 0 saturated carbocycles. The number of ether oxygens (including phenoxy) is 1. The summed E-state index contributed by atoms with van der Waals surface area (Å²) in [4.78, 5) is 28.2. The van der Waals surface area contributed by atoms with Gasteiger partial charge in [0.15, 0.2) is 6.61 Å². The molecule has 1 atom stereocenters. The SMILES string of the molecule is CCNC(=O)C(Cc1ccccc1)N(Cc1ccc(Br)cc1)C(=O)COc1ccc(Br)c(C)c1. The van der Waals surface area contributed by atoms with Crippen molar-refractivity contribution in [1.29, 1.82) is 0 Å². The highest BCUT2D eigenvalue weighted by molar-refractivity contribution is 9.10. The fraction of sp³-hybridized carbons (Fsp3) is 0.259. The van der Waals surface area contributed by atoms with E-state index in [1.54, 1.807) is 4.90 Å². The number of nitrogens with zero attached hydrogens (tertiary/aromatic N) is 1. The lowest BCUT2D eigenvalue weighted by Gasteiger charge is -2.31. The summed E-state index contributed by atoms with van der Waals surface area (Å²) in [5.74, 6) is 0.169. The summed E-state index contributed by atoms with van der Waals surface area (Å²) < 4.78 is 7.76. The van der Waals surface area contributed by atoms with E-state index in [0.717, 1.165) is 25.6 Å². The highest BCUT2D eigenvalue weighted by Crippen LogP contribution is 2.22. The van der Waals surface area contributed by atoms with Crippen molar-refractivity contribution >= 4 is 43.7 Å². The van der Waals surface area contributed by atoms with Gasteiger partial charge in [0.2, 0.25) is 5.91 Å². The molecule has 3 rings (SSSR count). The van der Waals surface area contributed by atoms with E-state index in [1.165, 1.54) is 0 Å². The summed E-state index contributed by atoms with van der Waals surface area (Å²) in [5, 5.41) is 2.90. The van der Waals surface area contributed by atoms with Crippen LogP contribution in [0.3, 0.4) is 0 Å². The van der Waals surface area contributed by atoms with Crippen LogP contribution in [-0.4, -0.2) is 35.9 Å². The Labute approximate surface area is 217 Å². The number of carbonyl (C=O) groups excluding carboxylic acids is 2. The second kappa shape index (κ2) is 12.7. The quantitative estimate of drug-likeness (QED) is 0.332. The maximum atomic E-state index is 13.5. The Balaban J connectivity index is 1.88. The van der Waals surface area contributed by atoms with E-state index in [1.807, 2.05) is 86.6 Å². The lowest BCUT2D eigenvalue weighted by atomic mass is 10.0. The molecule has 0 radical (unpaired) electrons. The first-order valence-electron chi connectivity index (χ1n) is 11.1. The van der Waals surface area contributed by atoms with Crippen molar-refractivity contribution in [3.05, 3.63) is 98.4 Å².